The van der Waals surface area contributed by atoms with Crippen molar-refractivity contribution in [3.05, 3.63) is 26.9 Å². The van der Waals surface area contributed by atoms with Crippen molar-refractivity contribution in [2.45, 2.75) is 26.8 Å². The highest BCUT2D eigenvalue weighted by atomic mass is 16.3. The Morgan fingerprint density at radius 1 is 1.50 bits per heavy atom. The van der Waals surface area contributed by atoms with Crippen molar-refractivity contribution >= 4 is 5.91 Å². The molecule has 0 aliphatic heterocycles. The Morgan fingerprint density at radius 3 is 2.72 bits per heavy atom. The van der Waals surface area contributed by atoms with Gasteiger partial charge in [-0.15, -0.1) is 0 Å². The number of carbonyl (C=O) groups excluding carboxylic acids is 1. The standard InChI is InChI=1S/C11H17N3O4/c1-7(2)6-12-8(15)3-4-14-10(17)5-9(16)13-11(14)18/h5,7,17H,3-4,6H2,1-2H3,(H,12,15)(H,13,16,18). The molecule has 1 rings (SSSR count). The molecule has 0 spiro atoms. The molecule has 0 aromatic carbocycles. The maximum absolute atomic E-state index is 11.4. The molecule has 0 aliphatic carbocycles. The SMILES string of the molecule is CC(C)CNC(=O)CCn1c(O)cc(=O)[nH]c1=O. The second-order valence-electron chi connectivity index (χ2n) is 4.40. The predicted octanol–water partition coefficient (Wildman–Crippen LogP) is -0.595. The predicted molar refractivity (Wildman–Crippen MR) is 65.5 cm³/mol. The van der Waals surface area contributed by atoms with Crippen molar-refractivity contribution in [3.63, 3.8) is 0 Å². The second-order valence-corrected chi connectivity index (χ2v) is 4.40. The van der Waals surface area contributed by atoms with E-state index in [0.717, 1.165) is 10.6 Å². The van der Waals surface area contributed by atoms with E-state index in [9.17, 15) is 19.5 Å². The highest BCUT2D eigenvalue weighted by Crippen LogP contribution is 2.01. The van der Waals surface area contributed by atoms with Crippen LogP contribution in [0.3, 0.4) is 0 Å². The number of aromatic amines is 1. The zero-order chi connectivity index (χ0) is 13.7. The normalized spacial score (nSPS) is 10.6. The number of nitrogens with one attached hydrogen (secondary N) is 2. The Kier molecular flexibility index (Phi) is 4.70. The number of rotatable bonds is 5. The van der Waals surface area contributed by atoms with E-state index < -0.39 is 17.1 Å². The number of hydrogen-bond acceptors (Lipinski definition) is 4. The van der Waals surface area contributed by atoms with Crippen molar-refractivity contribution in [2.75, 3.05) is 6.54 Å². The summed E-state index contributed by atoms with van der Waals surface area (Å²) in [6.07, 6.45) is 0.0617. The van der Waals surface area contributed by atoms with Gasteiger partial charge in [-0.1, -0.05) is 13.8 Å². The van der Waals surface area contributed by atoms with Gasteiger partial charge < -0.3 is 10.4 Å². The van der Waals surface area contributed by atoms with E-state index in [1.165, 1.54) is 0 Å². The number of H-pyrrole nitrogens is 1. The minimum atomic E-state index is -0.725. The molecule has 3 N–H and O–H groups in total. The molecule has 0 bridgehead atoms. The Labute approximate surface area is 103 Å². The van der Waals surface area contributed by atoms with Crippen molar-refractivity contribution in [3.8, 4) is 5.88 Å². The fourth-order valence-corrected chi connectivity index (χ4v) is 1.34. The van der Waals surface area contributed by atoms with Crippen LogP contribution in [-0.2, 0) is 11.3 Å². The van der Waals surface area contributed by atoms with E-state index in [1.807, 2.05) is 18.8 Å². The average Bonchev–Trinajstić information content (AvgIpc) is 2.24. The first-order valence-electron chi connectivity index (χ1n) is 5.70. The molecule has 0 unspecified atom stereocenters. The van der Waals surface area contributed by atoms with Crippen molar-refractivity contribution < 1.29 is 9.90 Å². The first-order valence-corrected chi connectivity index (χ1v) is 5.70. The van der Waals surface area contributed by atoms with Gasteiger partial charge in [0.05, 0.1) is 6.07 Å². The quantitative estimate of drug-likeness (QED) is 0.653. The molecule has 0 fully saturated rings. The van der Waals surface area contributed by atoms with Crippen LogP contribution in [0.25, 0.3) is 0 Å². The van der Waals surface area contributed by atoms with Crippen LogP contribution in [0.1, 0.15) is 20.3 Å². The number of carbonyl (C=O) groups is 1. The second kappa shape index (κ2) is 6.04. The summed E-state index contributed by atoms with van der Waals surface area (Å²) in [5.41, 5.74) is -1.39. The molecule has 18 heavy (non-hydrogen) atoms. The van der Waals surface area contributed by atoms with Crippen LogP contribution in [0.15, 0.2) is 15.7 Å². The Bertz CT molecular complexity index is 530. The van der Waals surface area contributed by atoms with E-state index in [0.29, 0.717) is 12.5 Å². The zero-order valence-electron chi connectivity index (χ0n) is 10.4. The fraction of sp³-hybridized carbons (Fsp3) is 0.545. The summed E-state index contributed by atoms with van der Waals surface area (Å²) in [4.78, 5) is 35.7. The van der Waals surface area contributed by atoms with E-state index in [4.69, 9.17) is 0 Å². The van der Waals surface area contributed by atoms with Gasteiger partial charge in [0.2, 0.25) is 11.8 Å². The van der Waals surface area contributed by atoms with Gasteiger partial charge in [0, 0.05) is 19.5 Å². The van der Waals surface area contributed by atoms with Gasteiger partial charge in [-0.25, -0.2) is 4.79 Å². The highest BCUT2D eigenvalue weighted by Gasteiger charge is 2.07. The molecule has 1 aromatic heterocycles. The van der Waals surface area contributed by atoms with Gasteiger partial charge in [0.1, 0.15) is 0 Å². The van der Waals surface area contributed by atoms with Crippen LogP contribution in [-0.4, -0.2) is 27.1 Å². The molecule has 0 saturated heterocycles. The third-order valence-electron chi connectivity index (χ3n) is 2.28. The zero-order valence-corrected chi connectivity index (χ0v) is 10.4. The van der Waals surface area contributed by atoms with Crippen LogP contribution in [0.2, 0.25) is 0 Å². The number of aromatic hydroxyl groups is 1. The van der Waals surface area contributed by atoms with Crippen LogP contribution in [0.4, 0.5) is 0 Å². The third kappa shape index (κ3) is 4.08. The van der Waals surface area contributed by atoms with Crippen LogP contribution in [0.5, 0.6) is 5.88 Å². The average molecular weight is 255 g/mol. The first-order chi connectivity index (χ1) is 8.40. The molecule has 100 valence electrons. The van der Waals surface area contributed by atoms with Gasteiger partial charge >= 0.3 is 5.69 Å². The lowest BCUT2D eigenvalue weighted by molar-refractivity contribution is -0.121. The van der Waals surface area contributed by atoms with E-state index >= 15 is 0 Å². The Morgan fingerprint density at radius 2 is 2.17 bits per heavy atom. The lowest BCUT2D eigenvalue weighted by Gasteiger charge is -2.09. The van der Waals surface area contributed by atoms with Gasteiger partial charge in [0.15, 0.2) is 0 Å². The molecule has 0 saturated carbocycles. The first kappa shape index (κ1) is 14.0. The summed E-state index contributed by atoms with van der Waals surface area (Å²) in [6.45, 7) is 4.52. The molecule has 0 radical (unpaired) electrons. The monoisotopic (exact) mass is 255 g/mol. The molecule has 0 aliphatic rings. The number of aromatic nitrogens is 2. The van der Waals surface area contributed by atoms with E-state index in [-0.39, 0.29) is 18.9 Å². The minimum absolute atomic E-state index is 0.0192. The summed E-state index contributed by atoms with van der Waals surface area (Å²) >= 11 is 0. The van der Waals surface area contributed by atoms with E-state index in [2.05, 4.69) is 5.32 Å². The molecule has 7 heteroatoms. The maximum Gasteiger partial charge on any atom is 0.331 e. The molecule has 0 atom stereocenters. The molecular formula is C11H17N3O4. The topological polar surface area (TPSA) is 104 Å². The summed E-state index contributed by atoms with van der Waals surface area (Å²) < 4.78 is 0.941. The summed E-state index contributed by atoms with van der Waals surface area (Å²) in [5.74, 6) is -0.306. The molecule has 1 amide bonds. The summed E-state index contributed by atoms with van der Waals surface area (Å²) in [7, 11) is 0. The molecule has 1 heterocycles. The van der Waals surface area contributed by atoms with Gasteiger partial charge in [-0.05, 0) is 5.92 Å². The fourth-order valence-electron chi connectivity index (χ4n) is 1.34. The lowest BCUT2D eigenvalue weighted by Crippen LogP contribution is -2.32. The van der Waals surface area contributed by atoms with Crippen LogP contribution < -0.4 is 16.6 Å². The smallest absolute Gasteiger partial charge is 0.331 e. The lowest BCUT2D eigenvalue weighted by atomic mass is 10.2. The maximum atomic E-state index is 11.4. The third-order valence-corrected chi connectivity index (χ3v) is 2.28. The van der Waals surface area contributed by atoms with Crippen molar-refractivity contribution in [1.29, 1.82) is 0 Å². The molecular weight excluding hydrogens is 238 g/mol. The minimum Gasteiger partial charge on any atom is -0.494 e. The molecule has 1 aromatic rings. The number of nitrogens with zero attached hydrogens (tertiary/aromatic N) is 1. The highest BCUT2D eigenvalue weighted by molar-refractivity contribution is 5.75. The van der Waals surface area contributed by atoms with Gasteiger partial charge in [0.25, 0.3) is 5.56 Å². The summed E-state index contributed by atoms with van der Waals surface area (Å²) in [6, 6.07) is 0.896. The Hall–Kier alpha value is -2.05. The van der Waals surface area contributed by atoms with Gasteiger partial charge in [-0.3, -0.25) is 19.1 Å². The number of amides is 1. The van der Waals surface area contributed by atoms with Gasteiger partial charge in [-0.2, -0.15) is 0 Å². The van der Waals surface area contributed by atoms with Crippen molar-refractivity contribution in [2.24, 2.45) is 5.92 Å². The largest absolute Gasteiger partial charge is 0.494 e. The van der Waals surface area contributed by atoms with Crippen molar-refractivity contribution in [1.82, 2.24) is 14.9 Å². The van der Waals surface area contributed by atoms with E-state index in [1.54, 1.807) is 0 Å². The van der Waals surface area contributed by atoms with Crippen LogP contribution >= 0.6 is 0 Å². The summed E-state index contributed by atoms with van der Waals surface area (Å²) in [5, 5.41) is 12.1. The Balaban J connectivity index is 2.62. The molecule has 7 nitrogen and oxygen atoms in total. The number of hydrogen-bond donors (Lipinski definition) is 3. The van der Waals surface area contributed by atoms with Crippen LogP contribution in [0, 0.1) is 5.92 Å².